The van der Waals surface area contributed by atoms with Crippen molar-refractivity contribution in [1.82, 2.24) is 9.78 Å². The predicted octanol–water partition coefficient (Wildman–Crippen LogP) is 3.73. The van der Waals surface area contributed by atoms with Crippen molar-refractivity contribution in [2.75, 3.05) is 7.11 Å². The number of halogens is 1. The van der Waals surface area contributed by atoms with E-state index in [9.17, 15) is 4.79 Å². The molecule has 1 heterocycles. The molecule has 0 radical (unpaired) electrons. The lowest BCUT2D eigenvalue weighted by molar-refractivity contribution is -0.142. The molecule has 3 rings (SSSR count). The van der Waals surface area contributed by atoms with E-state index < -0.39 is 5.92 Å². The number of hydrogen-bond donors (Lipinski definition) is 0. The molecule has 1 atom stereocenters. The molecule has 0 aliphatic carbocycles. The molecule has 0 aliphatic rings. The topological polar surface area (TPSA) is 44.1 Å². The van der Waals surface area contributed by atoms with Gasteiger partial charge in [-0.3, -0.25) is 9.48 Å². The average Bonchev–Trinajstić information content (AvgIpc) is 2.89. The van der Waals surface area contributed by atoms with Crippen molar-refractivity contribution in [1.29, 1.82) is 0 Å². The van der Waals surface area contributed by atoms with Gasteiger partial charge < -0.3 is 4.74 Å². The maximum Gasteiger partial charge on any atom is 0.315 e. The maximum atomic E-state index is 12.3. The quantitative estimate of drug-likeness (QED) is 0.685. The normalized spacial score (nSPS) is 12.3. The summed E-state index contributed by atoms with van der Waals surface area (Å²) in [4.78, 5) is 12.3. The number of carbonyl (C=O) groups excluding carboxylic acids is 1. The molecule has 0 fully saturated rings. The second-order valence-corrected chi connectivity index (χ2v) is 5.87. The average molecular weight is 329 g/mol. The predicted molar refractivity (Wildman–Crippen MR) is 90.6 cm³/mol. The van der Waals surface area contributed by atoms with Gasteiger partial charge in [-0.15, -0.1) is 0 Å². The molecule has 5 heteroatoms. The molecule has 0 N–H and O–H groups in total. The lowest BCUT2D eigenvalue weighted by Crippen LogP contribution is -2.18. The monoisotopic (exact) mass is 328 g/mol. The highest BCUT2D eigenvalue weighted by Crippen LogP contribution is 2.30. The van der Waals surface area contributed by atoms with Crippen LogP contribution < -0.4 is 0 Å². The molecule has 0 spiro atoms. The van der Waals surface area contributed by atoms with E-state index in [-0.39, 0.29) is 5.97 Å². The first-order valence-corrected chi connectivity index (χ1v) is 7.72. The van der Waals surface area contributed by atoms with Gasteiger partial charge in [-0.05, 0) is 30.2 Å². The van der Waals surface area contributed by atoms with E-state index in [1.165, 1.54) is 7.11 Å². The summed E-state index contributed by atoms with van der Waals surface area (Å²) < 4.78 is 6.75. The Balaban J connectivity index is 2.08. The van der Waals surface area contributed by atoms with Crippen LogP contribution in [0.25, 0.3) is 10.9 Å². The number of ether oxygens (including phenoxy) is 1. The molecule has 0 aliphatic heterocycles. The summed E-state index contributed by atoms with van der Waals surface area (Å²) >= 11 is 6.07. The Morgan fingerprint density at radius 1 is 1.26 bits per heavy atom. The van der Waals surface area contributed by atoms with Gasteiger partial charge in [-0.25, -0.2) is 0 Å². The zero-order chi connectivity index (χ0) is 16.4. The molecule has 1 aromatic heterocycles. The van der Waals surface area contributed by atoms with Crippen LogP contribution in [0.2, 0.25) is 5.02 Å². The number of esters is 1. The molecule has 2 aromatic carbocycles. The zero-order valence-electron chi connectivity index (χ0n) is 13.0. The highest BCUT2D eigenvalue weighted by Gasteiger charge is 2.27. The van der Waals surface area contributed by atoms with Crippen LogP contribution in [0.15, 0.2) is 48.5 Å². The summed E-state index contributed by atoms with van der Waals surface area (Å²) in [5, 5.41) is 6.12. The fraction of sp³-hybridized carbons (Fsp3) is 0.222. The molecule has 3 aromatic rings. The van der Waals surface area contributed by atoms with E-state index >= 15 is 0 Å². The first-order valence-electron chi connectivity index (χ1n) is 7.34. The minimum absolute atomic E-state index is 0.288. The summed E-state index contributed by atoms with van der Waals surface area (Å²) in [5.41, 5.74) is 2.68. The Kier molecular flexibility index (Phi) is 4.35. The smallest absolute Gasteiger partial charge is 0.315 e. The third-order valence-corrected chi connectivity index (χ3v) is 4.18. The van der Waals surface area contributed by atoms with Crippen LogP contribution in [0.4, 0.5) is 0 Å². The third kappa shape index (κ3) is 3.08. The number of fused-ring (bicyclic) bond motifs is 1. The van der Waals surface area contributed by atoms with Gasteiger partial charge >= 0.3 is 5.97 Å². The van der Waals surface area contributed by atoms with E-state index in [4.69, 9.17) is 16.3 Å². The fourth-order valence-electron chi connectivity index (χ4n) is 2.80. The van der Waals surface area contributed by atoms with Gasteiger partial charge in [-0.2, -0.15) is 5.10 Å². The first kappa shape index (κ1) is 15.6. The highest BCUT2D eigenvalue weighted by atomic mass is 35.5. The number of methoxy groups -OCH3 is 1. The van der Waals surface area contributed by atoms with Gasteiger partial charge in [0.05, 0.1) is 18.3 Å². The number of aryl methyl sites for hydroxylation is 1. The molecule has 1 unspecified atom stereocenters. The highest BCUT2D eigenvalue weighted by molar-refractivity contribution is 6.31. The van der Waals surface area contributed by atoms with Crippen molar-refractivity contribution in [2.24, 2.45) is 7.05 Å². The van der Waals surface area contributed by atoms with E-state index in [0.29, 0.717) is 11.4 Å². The number of carbonyl (C=O) groups is 1. The molecule has 0 saturated carbocycles. The van der Waals surface area contributed by atoms with Gasteiger partial charge in [0.2, 0.25) is 0 Å². The maximum absolute atomic E-state index is 12.3. The Morgan fingerprint density at radius 2 is 2.00 bits per heavy atom. The summed E-state index contributed by atoms with van der Waals surface area (Å²) in [6, 6.07) is 15.4. The molecule has 23 heavy (non-hydrogen) atoms. The minimum Gasteiger partial charge on any atom is -0.468 e. The fourth-order valence-corrected chi connectivity index (χ4v) is 2.97. The lowest BCUT2D eigenvalue weighted by atomic mass is 9.94. The van der Waals surface area contributed by atoms with Gasteiger partial charge in [0.15, 0.2) is 0 Å². The molecular formula is C18H17ClN2O2. The number of benzene rings is 2. The molecule has 0 bridgehead atoms. The van der Waals surface area contributed by atoms with Crippen LogP contribution in [0.1, 0.15) is 17.2 Å². The molecule has 4 nitrogen and oxygen atoms in total. The first-order chi connectivity index (χ1) is 11.1. The summed E-state index contributed by atoms with van der Waals surface area (Å²) in [7, 11) is 3.25. The molecular weight excluding hydrogens is 312 g/mol. The van der Waals surface area contributed by atoms with Crippen molar-refractivity contribution in [2.45, 2.75) is 12.3 Å². The zero-order valence-corrected chi connectivity index (χ0v) is 13.7. The van der Waals surface area contributed by atoms with Crippen LogP contribution in [0, 0.1) is 0 Å². The van der Waals surface area contributed by atoms with Gasteiger partial charge in [0.1, 0.15) is 5.92 Å². The van der Waals surface area contributed by atoms with Gasteiger partial charge in [0.25, 0.3) is 0 Å². The molecule has 0 saturated heterocycles. The number of hydrogen-bond acceptors (Lipinski definition) is 3. The minimum atomic E-state index is -0.452. The van der Waals surface area contributed by atoms with Crippen molar-refractivity contribution in [3.63, 3.8) is 0 Å². The number of aromatic nitrogens is 2. The van der Waals surface area contributed by atoms with Crippen LogP contribution in [-0.4, -0.2) is 22.9 Å². The van der Waals surface area contributed by atoms with Gasteiger partial charge in [0, 0.05) is 17.5 Å². The molecule has 0 amide bonds. The SMILES string of the molecule is COC(=O)C(Cc1ccccc1)c1nn(C)c2cc(Cl)ccc12. The van der Waals surface area contributed by atoms with Crippen LogP contribution in [0.5, 0.6) is 0 Å². The van der Waals surface area contributed by atoms with Crippen LogP contribution in [0.3, 0.4) is 0 Å². The van der Waals surface area contributed by atoms with Crippen LogP contribution in [-0.2, 0) is 23.0 Å². The van der Waals surface area contributed by atoms with E-state index in [0.717, 1.165) is 22.2 Å². The Labute approximate surface area is 139 Å². The van der Waals surface area contributed by atoms with Crippen molar-refractivity contribution < 1.29 is 9.53 Å². The third-order valence-electron chi connectivity index (χ3n) is 3.94. The summed E-state index contributed by atoms with van der Waals surface area (Å²) in [5.74, 6) is -0.740. The Bertz CT molecular complexity index is 843. The number of rotatable bonds is 4. The lowest BCUT2D eigenvalue weighted by Gasteiger charge is -2.13. The number of nitrogens with zero attached hydrogens (tertiary/aromatic N) is 2. The van der Waals surface area contributed by atoms with Crippen molar-refractivity contribution >= 4 is 28.5 Å². The largest absolute Gasteiger partial charge is 0.468 e. The Morgan fingerprint density at radius 3 is 2.70 bits per heavy atom. The van der Waals surface area contributed by atoms with E-state index in [1.807, 2.05) is 55.6 Å². The summed E-state index contributed by atoms with van der Waals surface area (Å²) in [6.07, 6.45) is 0.544. The second kappa shape index (κ2) is 6.42. The molecule has 118 valence electrons. The van der Waals surface area contributed by atoms with E-state index in [2.05, 4.69) is 5.10 Å². The summed E-state index contributed by atoms with van der Waals surface area (Å²) in [6.45, 7) is 0. The van der Waals surface area contributed by atoms with Gasteiger partial charge in [-0.1, -0.05) is 41.9 Å². The second-order valence-electron chi connectivity index (χ2n) is 5.44. The van der Waals surface area contributed by atoms with Crippen LogP contribution >= 0.6 is 11.6 Å². The van der Waals surface area contributed by atoms with E-state index in [1.54, 1.807) is 4.68 Å². The standard InChI is InChI=1S/C18H17ClN2O2/c1-21-16-11-13(19)8-9-14(16)17(20-21)15(18(22)23-2)10-12-6-4-3-5-7-12/h3-9,11,15H,10H2,1-2H3. The Hall–Kier alpha value is -2.33. The van der Waals surface area contributed by atoms with Crippen molar-refractivity contribution in [3.05, 3.63) is 64.8 Å². The van der Waals surface area contributed by atoms with Crippen molar-refractivity contribution in [3.8, 4) is 0 Å².